The van der Waals surface area contributed by atoms with Crippen molar-refractivity contribution in [2.45, 2.75) is 19.3 Å². The third-order valence-corrected chi connectivity index (χ3v) is 2.11. The summed E-state index contributed by atoms with van der Waals surface area (Å²) in [4.78, 5) is 60.5. The SMILES string of the molecule is O=C(O)/C=C(\CC(=O)O)C(=O)O.O=C(O)CC(CC(=O)O)C(=O)O. The van der Waals surface area contributed by atoms with E-state index >= 15 is 0 Å². The Morgan fingerprint density at radius 3 is 1.33 bits per heavy atom. The van der Waals surface area contributed by atoms with Gasteiger partial charge in [-0.15, -0.1) is 0 Å². The third-order valence-electron chi connectivity index (χ3n) is 2.11. The number of rotatable bonds is 9. The normalized spacial score (nSPS) is 10.3. The van der Waals surface area contributed by atoms with Gasteiger partial charge in [0.25, 0.3) is 0 Å². The quantitative estimate of drug-likeness (QED) is 0.281. The summed E-state index contributed by atoms with van der Waals surface area (Å²) >= 11 is 0. The van der Waals surface area contributed by atoms with Gasteiger partial charge in [0.2, 0.25) is 0 Å². The van der Waals surface area contributed by atoms with Crippen molar-refractivity contribution in [3.05, 3.63) is 11.6 Å². The van der Waals surface area contributed by atoms with Gasteiger partial charge in [0, 0.05) is 6.08 Å². The van der Waals surface area contributed by atoms with Crippen LogP contribution >= 0.6 is 0 Å². The maximum absolute atomic E-state index is 10.2. The van der Waals surface area contributed by atoms with Crippen molar-refractivity contribution in [3.63, 3.8) is 0 Å². The van der Waals surface area contributed by atoms with Gasteiger partial charge in [0.15, 0.2) is 0 Å². The van der Waals surface area contributed by atoms with Crippen molar-refractivity contribution in [1.29, 1.82) is 0 Å². The lowest BCUT2D eigenvalue weighted by Crippen LogP contribution is -2.20. The average Bonchev–Trinajstić information content (AvgIpc) is 2.35. The summed E-state index contributed by atoms with van der Waals surface area (Å²) in [6.45, 7) is 0. The van der Waals surface area contributed by atoms with Gasteiger partial charge in [-0.25, -0.2) is 9.59 Å². The van der Waals surface area contributed by atoms with Gasteiger partial charge < -0.3 is 30.6 Å². The molecule has 0 aliphatic carbocycles. The standard InChI is InChI=1S/C6H8O6.C6H6O6/c2*7-4(8)1-3(6(11)12)2-5(9)10/h3H,1-2H2,(H,7,8)(H,9,10)(H,11,12);1H,2H2,(H,7,8)(H,9,10)(H,11,12)/b;3-1+. The van der Waals surface area contributed by atoms with Crippen LogP contribution in [-0.2, 0) is 28.8 Å². The monoisotopic (exact) mass is 350 g/mol. The minimum Gasteiger partial charge on any atom is -0.481 e. The molecule has 12 nitrogen and oxygen atoms in total. The molecule has 0 saturated heterocycles. The molecule has 0 aliphatic rings. The van der Waals surface area contributed by atoms with Crippen LogP contribution in [-0.4, -0.2) is 66.5 Å². The summed E-state index contributed by atoms with van der Waals surface area (Å²) in [7, 11) is 0. The highest BCUT2D eigenvalue weighted by Crippen LogP contribution is 2.08. The number of hydrogen-bond donors (Lipinski definition) is 6. The molecule has 0 spiro atoms. The number of carboxylic acids is 6. The molecule has 24 heavy (non-hydrogen) atoms. The van der Waals surface area contributed by atoms with Crippen LogP contribution in [0.4, 0.5) is 0 Å². The van der Waals surface area contributed by atoms with Crippen molar-refractivity contribution in [2.75, 3.05) is 0 Å². The van der Waals surface area contributed by atoms with Crippen LogP contribution in [0.5, 0.6) is 0 Å². The fraction of sp³-hybridized carbons (Fsp3) is 0.333. The molecule has 0 unspecified atom stereocenters. The highest BCUT2D eigenvalue weighted by atomic mass is 16.4. The van der Waals surface area contributed by atoms with Crippen LogP contribution in [0.15, 0.2) is 11.6 Å². The van der Waals surface area contributed by atoms with Crippen molar-refractivity contribution < 1.29 is 59.4 Å². The highest BCUT2D eigenvalue weighted by molar-refractivity contribution is 5.98. The second-order valence-corrected chi connectivity index (χ2v) is 4.11. The number of hydrogen-bond acceptors (Lipinski definition) is 6. The van der Waals surface area contributed by atoms with Gasteiger partial charge in [0.05, 0.1) is 30.8 Å². The number of carbonyl (C=O) groups is 6. The third kappa shape index (κ3) is 13.5. The van der Waals surface area contributed by atoms with Gasteiger partial charge in [-0.1, -0.05) is 0 Å². The first-order valence-corrected chi connectivity index (χ1v) is 5.91. The van der Waals surface area contributed by atoms with E-state index in [9.17, 15) is 28.8 Å². The van der Waals surface area contributed by atoms with Crippen LogP contribution in [0, 0.1) is 5.92 Å². The Hall–Kier alpha value is -3.44. The smallest absolute Gasteiger partial charge is 0.332 e. The Morgan fingerprint density at radius 1 is 0.708 bits per heavy atom. The van der Waals surface area contributed by atoms with E-state index in [1.807, 2.05) is 0 Å². The fourth-order valence-corrected chi connectivity index (χ4v) is 1.17. The lowest BCUT2D eigenvalue weighted by molar-refractivity contribution is -0.152. The van der Waals surface area contributed by atoms with Gasteiger partial charge in [-0.2, -0.15) is 0 Å². The van der Waals surface area contributed by atoms with Gasteiger partial charge >= 0.3 is 35.8 Å². The molecule has 0 aromatic rings. The summed E-state index contributed by atoms with van der Waals surface area (Å²) < 4.78 is 0. The summed E-state index contributed by atoms with van der Waals surface area (Å²) in [6, 6.07) is 0. The fourth-order valence-electron chi connectivity index (χ4n) is 1.17. The molecule has 12 heteroatoms. The van der Waals surface area contributed by atoms with Gasteiger partial charge in [-0.3, -0.25) is 19.2 Å². The summed E-state index contributed by atoms with van der Waals surface area (Å²) in [5.74, 6) is -9.79. The molecule has 0 atom stereocenters. The van der Waals surface area contributed by atoms with Crippen molar-refractivity contribution >= 4 is 35.8 Å². The van der Waals surface area contributed by atoms with Crippen molar-refractivity contribution in [3.8, 4) is 0 Å². The molecule has 0 bridgehead atoms. The minimum atomic E-state index is -1.54. The molecule has 0 aromatic heterocycles. The second kappa shape index (κ2) is 11.2. The Kier molecular flexibility index (Phi) is 10.6. The molecule has 0 fully saturated rings. The van der Waals surface area contributed by atoms with Crippen molar-refractivity contribution in [2.24, 2.45) is 5.92 Å². The molecule has 0 aliphatic heterocycles. The predicted molar refractivity (Wildman–Crippen MR) is 71.2 cm³/mol. The second-order valence-electron chi connectivity index (χ2n) is 4.11. The van der Waals surface area contributed by atoms with E-state index in [4.69, 9.17) is 30.6 Å². The zero-order valence-corrected chi connectivity index (χ0v) is 11.9. The Bertz CT molecular complexity index is 542. The van der Waals surface area contributed by atoms with E-state index in [0.717, 1.165) is 0 Å². The Labute approximate surface area is 133 Å². The lowest BCUT2D eigenvalue weighted by atomic mass is 10.0. The van der Waals surface area contributed by atoms with Crippen LogP contribution in [0.2, 0.25) is 0 Å². The molecule has 0 rings (SSSR count). The molecule has 0 aromatic carbocycles. The summed E-state index contributed by atoms with van der Waals surface area (Å²) in [5, 5.41) is 49.3. The van der Waals surface area contributed by atoms with E-state index in [1.165, 1.54) is 0 Å². The highest BCUT2D eigenvalue weighted by Gasteiger charge is 2.23. The predicted octanol–water partition coefficient (Wildman–Crippen LogP) is -0.807. The van der Waals surface area contributed by atoms with E-state index in [1.54, 1.807) is 0 Å². The van der Waals surface area contributed by atoms with Gasteiger partial charge in [-0.05, 0) is 0 Å². The molecule has 134 valence electrons. The molecular weight excluding hydrogens is 336 g/mol. The molecule has 0 heterocycles. The number of carboxylic acid groups (broad SMARTS) is 6. The Balaban J connectivity index is 0. The average molecular weight is 350 g/mol. The minimum absolute atomic E-state index is 0.358. The largest absolute Gasteiger partial charge is 0.481 e. The maximum atomic E-state index is 10.2. The van der Waals surface area contributed by atoms with Crippen molar-refractivity contribution in [1.82, 2.24) is 0 Å². The van der Waals surface area contributed by atoms with Crippen LogP contribution in [0.25, 0.3) is 0 Å². The molecule has 6 N–H and O–H groups in total. The zero-order valence-electron chi connectivity index (χ0n) is 11.9. The summed E-state index contributed by atoms with van der Waals surface area (Å²) in [5.41, 5.74) is -0.657. The summed E-state index contributed by atoms with van der Waals surface area (Å²) in [6.07, 6.45) is -1.78. The topological polar surface area (TPSA) is 224 Å². The van der Waals surface area contributed by atoms with E-state index in [0.29, 0.717) is 6.08 Å². The maximum Gasteiger partial charge on any atom is 0.332 e. The zero-order chi connectivity index (χ0) is 19.4. The van der Waals surface area contributed by atoms with Gasteiger partial charge in [0.1, 0.15) is 0 Å². The first-order valence-electron chi connectivity index (χ1n) is 5.91. The molecule has 0 radical (unpaired) electrons. The van der Waals surface area contributed by atoms with Crippen LogP contribution < -0.4 is 0 Å². The number of aliphatic carboxylic acids is 6. The van der Waals surface area contributed by atoms with Crippen LogP contribution in [0.1, 0.15) is 19.3 Å². The van der Waals surface area contributed by atoms with E-state index in [2.05, 4.69) is 0 Å². The molecular formula is C12H14O12. The first-order chi connectivity index (χ1) is 10.9. The lowest BCUT2D eigenvalue weighted by Gasteiger charge is -2.04. The first kappa shape index (κ1) is 22.8. The van der Waals surface area contributed by atoms with E-state index in [-0.39, 0.29) is 0 Å². The molecule has 0 amide bonds. The van der Waals surface area contributed by atoms with Crippen LogP contribution in [0.3, 0.4) is 0 Å². The Morgan fingerprint density at radius 2 is 1.12 bits per heavy atom. The van der Waals surface area contributed by atoms with E-state index < -0.39 is 66.6 Å². The molecule has 0 saturated carbocycles.